The van der Waals surface area contributed by atoms with E-state index in [4.69, 9.17) is 0 Å². The van der Waals surface area contributed by atoms with E-state index in [0.29, 0.717) is 17.8 Å². The summed E-state index contributed by atoms with van der Waals surface area (Å²) in [6.45, 7) is 71.9. The maximum atomic E-state index is 2.40. The lowest BCUT2D eigenvalue weighted by atomic mass is 9.93. The number of nitrogens with zero attached hydrogens (tertiary/aromatic N) is 20. The fourth-order valence-corrected chi connectivity index (χ4v) is 16.3. The lowest BCUT2D eigenvalue weighted by Gasteiger charge is -2.15. The van der Waals surface area contributed by atoms with Crippen molar-refractivity contribution in [3.63, 3.8) is 0 Å². The Bertz CT molecular complexity index is 4440. The molecule has 0 saturated heterocycles. The van der Waals surface area contributed by atoms with Gasteiger partial charge in [-0.2, -0.15) is 0 Å². The van der Waals surface area contributed by atoms with Crippen LogP contribution in [0.25, 0.3) is 0 Å². The zero-order valence-electron chi connectivity index (χ0n) is 92.1. The van der Waals surface area contributed by atoms with Gasteiger partial charge < -0.3 is 0 Å². The van der Waals surface area contributed by atoms with Gasteiger partial charge in [0.1, 0.15) is 121 Å². The lowest BCUT2D eigenvalue weighted by Crippen LogP contribution is -2.39. The summed E-state index contributed by atoms with van der Waals surface area (Å²) in [4.78, 5) is 0. The van der Waals surface area contributed by atoms with E-state index in [1.807, 2.05) is 0 Å². The number of hydrogen-bond donors (Lipinski definition) is 0. The van der Waals surface area contributed by atoms with E-state index in [2.05, 4.69) is 473 Å². The number of aryl methyl sites for hydroxylation is 24. The van der Waals surface area contributed by atoms with Gasteiger partial charge in [0, 0.05) is 44.4 Å². The number of aromatic nitrogens is 20. The van der Waals surface area contributed by atoms with Crippen molar-refractivity contribution in [1.29, 1.82) is 0 Å². The normalized spacial score (nSPS) is 10.5. The molecule has 1 unspecified atom stereocenters. The van der Waals surface area contributed by atoms with E-state index < -0.39 is 0 Å². The van der Waals surface area contributed by atoms with Crippen LogP contribution in [-0.2, 0) is 166 Å². The van der Waals surface area contributed by atoms with E-state index in [1.165, 1.54) is 237 Å². The van der Waals surface area contributed by atoms with Crippen molar-refractivity contribution in [2.24, 2.45) is 70.5 Å². The van der Waals surface area contributed by atoms with Crippen molar-refractivity contribution in [2.45, 2.75) is 535 Å². The van der Waals surface area contributed by atoms with Gasteiger partial charge in [0.2, 0.25) is 38.0 Å². The van der Waals surface area contributed by atoms with Crippen LogP contribution in [0.4, 0.5) is 0 Å². The molecule has 0 bridgehead atoms. The molecule has 0 aliphatic heterocycles. The van der Waals surface area contributed by atoms with Gasteiger partial charge in [-0.25, -0.2) is 91.3 Å². The molecule has 140 heavy (non-hydrogen) atoms. The van der Waals surface area contributed by atoms with Crippen molar-refractivity contribution in [3.05, 3.63) is 182 Å². The molecule has 0 fully saturated rings. The van der Waals surface area contributed by atoms with Crippen LogP contribution < -0.4 is 45.7 Å². The Labute approximate surface area is 873 Å². The fourth-order valence-electron chi connectivity index (χ4n) is 16.3. The number of rotatable bonds is 41. The highest BCUT2D eigenvalue weighted by atomic mass is 15.2. The minimum absolute atomic E-state index is 0. The van der Waals surface area contributed by atoms with E-state index in [1.54, 1.807) is 0 Å². The first-order chi connectivity index (χ1) is 61.7. The lowest BCUT2D eigenvalue weighted by molar-refractivity contribution is -0.697. The predicted molar refractivity (Wildman–Crippen MR) is 613 cm³/mol. The zero-order chi connectivity index (χ0) is 98.1. The van der Waals surface area contributed by atoms with Gasteiger partial charge in [0.15, 0.2) is 0 Å². The Balaban J connectivity index is -0.000000166. The molecule has 0 saturated carbocycles. The van der Waals surface area contributed by atoms with E-state index in [0.717, 1.165) is 65.3 Å². The second-order valence-corrected chi connectivity index (χ2v) is 39.7. The highest BCUT2D eigenvalue weighted by molar-refractivity contribution is 5.07. The summed E-state index contributed by atoms with van der Waals surface area (Å²) in [6, 6.07) is 0. The SMILES string of the molecule is C.C.C.C.C.C.C.C.C.C.CCCC[n+]1cc(C(C)(C)C)n(C)c1.CCCC[n+]1cc(C(C)C)n(C)c1.CCCC[n+]1cc(C)n(C)c1.CCCC[n+]1cc(CC)n(C)c1.CCCCc1c[n+](CCCC)cn1C.CCCCc1n(CCCC)cc[n+]1C.CCCCn1c[n+](C)cc1C.CCCCn1cc[n+](C)c1C(C)(C)C.CCCCn1cc[n+](C)c1C(C)C.CCCCn1cc[n+](C)c1C(C)CC. The first-order valence-corrected chi connectivity index (χ1v) is 52.2. The summed E-state index contributed by atoms with van der Waals surface area (Å²) < 4.78 is 45.4. The van der Waals surface area contributed by atoms with Crippen LogP contribution in [0.1, 0.15) is 483 Å². The van der Waals surface area contributed by atoms with Crippen LogP contribution in [-0.4, -0.2) is 45.7 Å². The van der Waals surface area contributed by atoms with Gasteiger partial charge in [-0.3, -0.25) is 0 Å². The molecule has 20 heteroatoms. The Kier molecular flexibility index (Phi) is 93.0. The topological polar surface area (TPSA) is 88.1 Å². The molecule has 0 spiro atoms. The summed E-state index contributed by atoms with van der Waals surface area (Å²) in [6.07, 6.45) is 79.2. The Morgan fingerprint density at radius 2 is 0.629 bits per heavy atom. The standard InChI is InChI=1S/5C12H23N2.2C11H21N2.C10H19N2.2C9H17N2.10CH4/c1-6-7-8-14-9-11(12(2,3)4)13(5)10-14;1-6-7-8-14-10-9-13(5)11(14)12(2,3)4;1-5-7-8-14-10-9-13(4)12(14)11(3)6-2;1-4-6-8-12-10-14(9-7-5-2)11-13(12)3;1-4-6-8-12-13(3)10-11-14(12)9-7-5-2;1-5-6-7-13-8-11(10(2)3)12(4)9-13;1-5-6-7-13-9-8-12(4)11(13)10(2)3;1-4-6-7-12-8-10(5-2)11(3)9-12;1-4-5-6-11-7-9(2)10(3)8-11;1-4-5-6-11-8-10(3)7-9(11)2;;;;;;;;;;/h2*9-10H,6-8H2,1-5H3;9-11H,5-8H2,1-4H3;2*10-11H,4-9H2,1-3H3;2*8-10H,5-7H2,1-4H3;8-9H,4-7H2,1-3H3;2*7-8H,4-6H2,1-3H3;10*1H4/q10*+1;;;;;;;;;;. The van der Waals surface area contributed by atoms with Crippen LogP contribution >= 0.6 is 0 Å². The Morgan fingerprint density at radius 3 is 0.993 bits per heavy atom. The molecule has 10 aromatic heterocycles. The summed E-state index contributed by atoms with van der Waals surface area (Å²) >= 11 is 0. The second-order valence-electron chi connectivity index (χ2n) is 39.7. The molecule has 0 aromatic carbocycles. The molecule has 0 amide bonds. The number of hydrogen-bond acceptors (Lipinski definition) is 0. The maximum absolute atomic E-state index is 2.40. The van der Waals surface area contributed by atoms with Gasteiger partial charge in [0.25, 0.3) is 23.3 Å². The number of imidazole rings is 10. The van der Waals surface area contributed by atoms with E-state index in [9.17, 15) is 0 Å². The third-order valence-electron chi connectivity index (χ3n) is 24.2. The van der Waals surface area contributed by atoms with Crippen molar-refractivity contribution >= 4 is 0 Å². The quantitative estimate of drug-likeness (QED) is 0.0342. The highest BCUT2D eigenvalue weighted by Crippen LogP contribution is 2.22. The summed E-state index contributed by atoms with van der Waals surface area (Å²) in [5.41, 5.74) is 8.82. The van der Waals surface area contributed by atoms with Crippen LogP contribution in [0.3, 0.4) is 0 Å². The molecule has 10 aromatic rings. The van der Waals surface area contributed by atoms with Crippen molar-refractivity contribution in [1.82, 2.24) is 45.7 Å². The molecule has 10 heterocycles. The average molecular weight is 1970 g/mol. The van der Waals surface area contributed by atoms with Crippen LogP contribution in [0.2, 0.25) is 0 Å². The Morgan fingerprint density at radius 1 is 0.293 bits per heavy atom. The second kappa shape index (κ2) is 85.5. The minimum atomic E-state index is 0. The smallest absolute Gasteiger partial charge is 0.239 e. The largest absolute Gasteiger partial charge is 0.261 e. The molecule has 20 nitrogen and oxygen atoms in total. The van der Waals surface area contributed by atoms with Crippen molar-refractivity contribution < 1.29 is 45.7 Å². The van der Waals surface area contributed by atoms with Crippen LogP contribution in [0, 0.1) is 13.8 Å². The molecule has 820 valence electrons. The first kappa shape index (κ1) is 152. The summed E-state index contributed by atoms with van der Waals surface area (Å²) in [5, 5.41) is 0. The third-order valence-corrected chi connectivity index (χ3v) is 24.2. The summed E-state index contributed by atoms with van der Waals surface area (Å²) in [7, 11) is 21.2. The van der Waals surface area contributed by atoms with Crippen molar-refractivity contribution in [2.75, 3.05) is 0 Å². The summed E-state index contributed by atoms with van der Waals surface area (Å²) in [5.74, 6) is 7.65. The minimum Gasteiger partial charge on any atom is -0.239 e. The molecule has 0 radical (unpaired) electrons. The van der Waals surface area contributed by atoms with Crippen LogP contribution in [0.15, 0.2) is 125 Å². The van der Waals surface area contributed by atoms with Gasteiger partial charge in [0.05, 0.1) is 153 Å². The molecular formula is C120H250N20+10. The van der Waals surface area contributed by atoms with E-state index in [-0.39, 0.29) is 85.1 Å². The van der Waals surface area contributed by atoms with E-state index >= 15 is 0 Å². The Hall–Kier alpha value is -7.90. The van der Waals surface area contributed by atoms with Gasteiger partial charge >= 0.3 is 0 Å². The monoisotopic (exact) mass is 1970 g/mol. The van der Waals surface area contributed by atoms with Crippen LogP contribution in [0.5, 0.6) is 0 Å². The molecule has 0 N–H and O–H groups in total. The van der Waals surface area contributed by atoms with Crippen molar-refractivity contribution in [3.8, 4) is 0 Å². The third kappa shape index (κ3) is 58.8. The highest BCUT2D eigenvalue weighted by Gasteiger charge is 2.29. The molecule has 1 atom stereocenters. The average Bonchev–Trinajstić information content (AvgIpc) is 1.67. The first-order valence-electron chi connectivity index (χ1n) is 52.2. The molecule has 0 aliphatic rings. The molecule has 10 rings (SSSR count). The zero-order valence-corrected chi connectivity index (χ0v) is 92.1. The van der Waals surface area contributed by atoms with Gasteiger partial charge in [-0.05, 0) is 104 Å². The molecular weight excluding hydrogens is 1720 g/mol. The number of unbranched alkanes of at least 4 members (excludes halogenated alkanes) is 12. The van der Waals surface area contributed by atoms with Gasteiger partial charge in [-0.15, -0.1) is 0 Å². The maximum Gasteiger partial charge on any atom is 0.261 e. The van der Waals surface area contributed by atoms with Gasteiger partial charge in [-0.1, -0.05) is 304 Å². The molecule has 0 aliphatic carbocycles. The fraction of sp³-hybridized carbons (Fsp3) is 0.750. The predicted octanol–water partition coefficient (Wildman–Crippen LogP) is 27.7.